The zero-order valence-corrected chi connectivity index (χ0v) is 14.5. The standard InChI is InChI=1S/C18H18N2O3S/c1-10(2)17-20-14(9-24-17)11(3)19-16(21)13-8-12-6-4-5-7-15(12)23-18(13)22/h4-11H,1-3H3,(H,19,21)/t11-/m1/s1. The summed E-state index contributed by atoms with van der Waals surface area (Å²) in [6, 6.07) is 8.38. The van der Waals surface area contributed by atoms with Crippen LogP contribution in [0.5, 0.6) is 0 Å². The van der Waals surface area contributed by atoms with Crippen molar-refractivity contribution in [1.82, 2.24) is 10.3 Å². The number of thiazole rings is 1. The van der Waals surface area contributed by atoms with E-state index in [1.54, 1.807) is 35.6 Å². The number of fused-ring (bicyclic) bond motifs is 1. The molecule has 2 heterocycles. The Kier molecular flexibility index (Phi) is 4.49. The maximum absolute atomic E-state index is 12.4. The number of carbonyl (C=O) groups is 1. The van der Waals surface area contributed by atoms with Crippen LogP contribution in [0.1, 0.15) is 53.8 Å². The molecule has 3 rings (SSSR count). The van der Waals surface area contributed by atoms with Crippen molar-refractivity contribution in [1.29, 1.82) is 0 Å². The highest BCUT2D eigenvalue weighted by Gasteiger charge is 2.18. The first kappa shape index (κ1) is 16.4. The van der Waals surface area contributed by atoms with Crippen molar-refractivity contribution in [2.24, 2.45) is 0 Å². The number of hydrogen-bond acceptors (Lipinski definition) is 5. The molecule has 0 aliphatic heterocycles. The highest BCUT2D eigenvalue weighted by atomic mass is 32.1. The summed E-state index contributed by atoms with van der Waals surface area (Å²) >= 11 is 1.57. The third kappa shape index (κ3) is 3.23. The normalized spacial score (nSPS) is 12.5. The van der Waals surface area contributed by atoms with Gasteiger partial charge in [0.1, 0.15) is 11.1 Å². The fraction of sp³-hybridized carbons (Fsp3) is 0.278. The van der Waals surface area contributed by atoms with E-state index in [4.69, 9.17) is 4.42 Å². The fourth-order valence-electron chi connectivity index (χ4n) is 2.33. The molecule has 1 N–H and O–H groups in total. The fourth-order valence-corrected chi connectivity index (χ4v) is 3.26. The van der Waals surface area contributed by atoms with Gasteiger partial charge in [0.25, 0.3) is 5.91 Å². The minimum Gasteiger partial charge on any atom is -0.422 e. The lowest BCUT2D eigenvalue weighted by molar-refractivity contribution is 0.0935. The van der Waals surface area contributed by atoms with E-state index >= 15 is 0 Å². The molecule has 1 amide bonds. The molecule has 1 atom stereocenters. The predicted octanol–water partition coefficient (Wildman–Crippen LogP) is 3.86. The van der Waals surface area contributed by atoms with E-state index in [9.17, 15) is 9.59 Å². The maximum atomic E-state index is 12.4. The van der Waals surface area contributed by atoms with Gasteiger partial charge in [-0.15, -0.1) is 11.3 Å². The van der Waals surface area contributed by atoms with Gasteiger partial charge in [-0.1, -0.05) is 32.0 Å². The molecule has 0 aliphatic rings. The van der Waals surface area contributed by atoms with Crippen LogP contribution in [0.4, 0.5) is 0 Å². The van der Waals surface area contributed by atoms with Gasteiger partial charge in [-0.05, 0) is 19.1 Å². The van der Waals surface area contributed by atoms with Crippen LogP contribution >= 0.6 is 11.3 Å². The highest BCUT2D eigenvalue weighted by molar-refractivity contribution is 7.09. The molecule has 3 aromatic rings. The third-order valence-corrected chi connectivity index (χ3v) is 4.87. The van der Waals surface area contributed by atoms with Crippen LogP contribution in [-0.4, -0.2) is 10.9 Å². The summed E-state index contributed by atoms with van der Waals surface area (Å²) in [6.45, 7) is 6.00. The average molecular weight is 342 g/mol. The van der Waals surface area contributed by atoms with E-state index in [1.807, 2.05) is 18.4 Å². The van der Waals surface area contributed by atoms with Crippen LogP contribution in [0.15, 0.2) is 44.9 Å². The van der Waals surface area contributed by atoms with Crippen molar-refractivity contribution in [2.75, 3.05) is 0 Å². The summed E-state index contributed by atoms with van der Waals surface area (Å²) in [4.78, 5) is 29.0. The summed E-state index contributed by atoms with van der Waals surface area (Å²) in [5.74, 6) is -0.111. The Bertz CT molecular complexity index is 943. The molecule has 0 saturated heterocycles. The Hall–Kier alpha value is -2.47. The molecule has 24 heavy (non-hydrogen) atoms. The molecule has 124 valence electrons. The minimum absolute atomic E-state index is 0.000127. The van der Waals surface area contributed by atoms with E-state index in [0.717, 1.165) is 10.7 Å². The zero-order chi connectivity index (χ0) is 17.3. The molecular weight excluding hydrogens is 324 g/mol. The van der Waals surface area contributed by atoms with Crippen molar-refractivity contribution < 1.29 is 9.21 Å². The lowest BCUT2D eigenvalue weighted by Gasteiger charge is -2.11. The minimum atomic E-state index is -0.639. The number of carbonyl (C=O) groups excluding carboxylic acids is 1. The third-order valence-electron chi connectivity index (χ3n) is 3.71. The SMILES string of the molecule is CC(C)c1nc([C@@H](C)NC(=O)c2cc3ccccc3oc2=O)cs1. The highest BCUT2D eigenvalue weighted by Crippen LogP contribution is 2.23. The summed E-state index contributed by atoms with van der Waals surface area (Å²) in [7, 11) is 0. The second kappa shape index (κ2) is 6.57. The Morgan fingerprint density at radius 2 is 2.00 bits per heavy atom. The lowest BCUT2D eigenvalue weighted by atomic mass is 10.1. The molecule has 0 aliphatic carbocycles. The monoisotopic (exact) mass is 342 g/mol. The number of nitrogens with zero attached hydrogens (tertiary/aromatic N) is 1. The van der Waals surface area contributed by atoms with Crippen molar-refractivity contribution in [2.45, 2.75) is 32.7 Å². The number of aromatic nitrogens is 1. The molecule has 0 unspecified atom stereocenters. The lowest BCUT2D eigenvalue weighted by Crippen LogP contribution is -2.30. The molecule has 6 heteroatoms. The van der Waals surface area contributed by atoms with E-state index in [0.29, 0.717) is 16.9 Å². The molecule has 0 spiro atoms. The molecule has 2 aromatic heterocycles. The number of hydrogen-bond donors (Lipinski definition) is 1. The van der Waals surface area contributed by atoms with E-state index in [-0.39, 0.29) is 11.6 Å². The molecular formula is C18H18N2O3S. The number of nitrogens with one attached hydrogen (secondary N) is 1. The number of amides is 1. The van der Waals surface area contributed by atoms with Gasteiger partial charge in [0.05, 0.1) is 16.7 Å². The van der Waals surface area contributed by atoms with Crippen LogP contribution < -0.4 is 10.9 Å². The second-order valence-electron chi connectivity index (χ2n) is 5.95. The van der Waals surface area contributed by atoms with Crippen LogP contribution in [0.25, 0.3) is 11.0 Å². The molecule has 0 radical (unpaired) electrons. The Morgan fingerprint density at radius 1 is 1.25 bits per heavy atom. The van der Waals surface area contributed by atoms with Gasteiger partial charge >= 0.3 is 5.63 Å². The van der Waals surface area contributed by atoms with Gasteiger partial charge < -0.3 is 9.73 Å². The predicted molar refractivity (Wildman–Crippen MR) is 94.6 cm³/mol. The Balaban J connectivity index is 1.83. The summed E-state index contributed by atoms with van der Waals surface area (Å²) in [6.07, 6.45) is 0. The average Bonchev–Trinajstić information content (AvgIpc) is 3.04. The molecule has 1 aromatic carbocycles. The van der Waals surface area contributed by atoms with E-state index in [2.05, 4.69) is 24.1 Å². The van der Waals surface area contributed by atoms with Gasteiger partial charge in [-0.3, -0.25) is 4.79 Å². The summed E-state index contributed by atoms with van der Waals surface area (Å²) in [5, 5.41) is 6.49. The Morgan fingerprint density at radius 3 is 2.71 bits per heavy atom. The van der Waals surface area contributed by atoms with Crippen molar-refractivity contribution in [3.05, 3.63) is 62.4 Å². The van der Waals surface area contributed by atoms with Gasteiger partial charge in [-0.2, -0.15) is 0 Å². The molecule has 5 nitrogen and oxygen atoms in total. The first-order chi connectivity index (χ1) is 11.5. The topological polar surface area (TPSA) is 72.2 Å². The van der Waals surface area contributed by atoms with Crippen LogP contribution in [0.3, 0.4) is 0 Å². The second-order valence-corrected chi connectivity index (χ2v) is 6.84. The first-order valence-electron chi connectivity index (χ1n) is 7.74. The summed E-state index contributed by atoms with van der Waals surface area (Å²) in [5.41, 5.74) is 0.620. The van der Waals surface area contributed by atoms with Crippen LogP contribution in [-0.2, 0) is 0 Å². The summed E-state index contributed by atoms with van der Waals surface area (Å²) < 4.78 is 5.21. The zero-order valence-electron chi connectivity index (χ0n) is 13.7. The smallest absolute Gasteiger partial charge is 0.349 e. The van der Waals surface area contributed by atoms with Crippen LogP contribution in [0.2, 0.25) is 0 Å². The largest absolute Gasteiger partial charge is 0.422 e. The quantitative estimate of drug-likeness (QED) is 0.731. The molecule has 0 saturated carbocycles. The maximum Gasteiger partial charge on any atom is 0.349 e. The van der Waals surface area contributed by atoms with Crippen LogP contribution in [0, 0.1) is 0 Å². The Labute approximate surface area is 143 Å². The first-order valence-corrected chi connectivity index (χ1v) is 8.62. The van der Waals surface area contributed by atoms with Crippen molar-refractivity contribution >= 4 is 28.2 Å². The number of benzene rings is 1. The van der Waals surface area contributed by atoms with Gasteiger partial charge in [0.2, 0.25) is 0 Å². The molecule has 0 bridgehead atoms. The van der Waals surface area contributed by atoms with Gasteiger partial charge in [0, 0.05) is 16.7 Å². The van der Waals surface area contributed by atoms with Gasteiger partial charge in [0.15, 0.2) is 0 Å². The van der Waals surface area contributed by atoms with Crippen molar-refractivity contribution in [3.8, 4) is 0 Å². The van der Waals surface area contributed by atoms with E-state index < -0.39 is 11.5 Å². The van der Waals surface area contributed by atoms with Crippen molar-refractivity contribution in [3.63, 3.8) is 0 Å². The number of rotatable bonds is 4. The molecule has 0 fully saturated rings. The van der Waals surface area contributed by atoms with E-state index in [1.165, 1.54) is 0 Å². The van der Waals surface area contributed by atoms with Gasteiger partial charge in [-0.25, -0.2) is 9.78 Å². The number of para-hydroxylation sites is 1.